The van der Waals surface area contributed by atoms with Crippen molar-refractivity contribution in [1.82, 2.24) is 4.90 Å². The normalized spacial score (nSPS) is 13.9. The molecule has 1 saturated heterocycles. The van der Waals surface area contributed by atoms with Crippen LogP contribution in [0.2, 0.25) is 5.02 Å². The van der Waals surface area contributed by atoms with E-state index in [2.05, 4.69) is 5.32 Å². The van der Waals surface area contributed by atoms with Gasteiger partial charge in [-0.25, -0.2) is 0 Å². The third kappa shape index (κ3) is 5.45. The first-order valence-electron chi connectivity index (χ1n) is 8.78. The van der Waals surface area contributed by atoms with Gasteiger partial charge < -0.3 is 19.7 Å². The van der Waals surface area contributed by atoms with E-state index in [0.29, 0.717) is 48.3 Å². The number of morpholine rings is 1. The molecule has 0 bridgehead atoms. The van der Waals surface area contributed by atoms with Crippen molar-refractivity contribution in [3.8, 4) is 5.75 Å². The lowest BCUT2D eigenvalue weighted by atomic mass is 10.1. The van der Waals surface area contributed by atoms with Gasteiger partial charge in [0.2, 0.25) is 5.91 Å². The maximum absolute atomic E-state index is 12.5. The van der Waals surface area contributed by atoms with E-state index >= 15 is 0 Å². The average Bonchev–Trinajstić information content (AvgIpc) is 2.70. The van der Waals surface area contributed by atoms with Crippen molar-refractivity contribution in [2.24, 2.45) is 0 Å². The number of amides is 2. The molecule has 1 aliphatic heterocycles. The summed E-state index contributed by atoms with van der Waals surface area (Å²) < 4.78 is 10.8. The Balaban J connectivity index is 1.52. The summed E-state index contributed by atoms with van der Waals surface area (Å²) in [5, 5.41) is 3.30. The number of para-hydroxylation sites is 1. The maximum Gasteiger partial charge on any atom is 0.254 e. The second kappa shape index (κ2) is 9.39. The molecule has 2 amide bonds. The van der Waals surface area contributed by atoms with Gasteiger partial charge in [0, 0.05) is 24.3 Å². The van der Waals surface area contributed by atoms with Crippen molar-refractivity contribution in [3.05, 3.63) is 59.1 Å². The number of benzene rings is 2. The Bertz CT molecular complexity index is 806. The van der Waals surface area contributed by atoms with E-state index in [-0.39, 0.29) is 24.8 Å². The molecule has 0 aromatic heterocycles. The molecule has 1 aliphatic rings. The van der Waals surface area contributed by atoms with E-state index in [1.165, 1.54) is 0 Å². The zero-order chi connectivity index (χ0) is 19.1. The number of rotatable bonds is 6. The molecule has 6 nitrogen and oxygen atoms in total. The highest BCUT2D eigenvalue weighted by Crippen LogP contribution is 2.23. The lowest BCUT2D eigenvalue weighted by molar-refractivity contribution is -0.116. The van der Waals surface area contributed by atoms with E-state index in [9.17, 15) is 9.59 Å². The molecule has 3 rings (SSSR count). The van der Waals surface area contributed by atoms with Crippen LogP contribution in [0.15, 0.2) is 48.5 Å². The highest BCUT2D eigenvalue weighted by molar-refractivity contribution is 6.32. The molecule has 1 fully saturated rings. The number of ether oxygens (including phenoxy) is 2. The molecule has 1 heterocycles. The van der Waals surface area contributed by atoms with Gasteiger partial charge in [0.15, 0.2) is 0 Å². The van der Waals surface area contributed by atoms with Crippen LogP contribution in [0.25, 0.3) is 0 Å². The van der Waals surface area contributed by atoms with Crippen LogP contribution in [0.5, 0.6) is 5.75 Å². The number of nitrogens with zero attached hydrogens (tertiary/aromatic N) is 1. The molecule has 0 unspecified atom stereocenters. The minimum Gasteiger partial charge on any atom is -0.491 e. The number of anilines is 1. The third-order valence-corrected chi connectivity index (χ3v) is 4.43. The molecule has 0 atom stereocenters. The van der Waals surface area contributed by atoms with Crippen LogP contribution in [-0.4, -0.2) is 49.6 Å². The van der Waals surface area contributed by atoms with Gasteiger partial charge in [0.05, 0.1) is 31.3 Å². The molecule has 142 valence electrons. The minimum atomic E-state index is -0.196. The van der Waals surface area contributed by atoms with Gasteiger partial charge >= 0.3 is 0 Å². The first-order valence-corrected chi connectivity index (χ1v) is 9.15. The highest BCUT2D eigenvalue weighted by atomic mass is 35.5. The third-order valence-electron chi connectivity index (χ3n) is 4.11. The second-order valence-corrected chi connectivity index (χ2v) is 6.47. The topological polar surface area (TPSA) is 67.9 Å². The van der Waals surface area contributed by atoms with Gasteiger partial charge in [-0.1, -0.05) is 29.8 Å². The monoisotopic (exact) mass is 388 g/mol. The van der Waals surface area contributed by atoms with E-state index in [4.69, 9.17) is 21.1 Å². The van der Waals surface area contributed by atoms with Crippen molar-refractivity contribution in [3.63, 3.8) is 0 Å². The van der Waals surface area contributed by atoms with Crippen LogP contribution in [0.4, 0.5) is 5.69 Å². The number of hydrogen-bond acceptors (Lipinski definition) is 4. The van der Waals surface area contributed by atoms with Crippen LogP contribution in [0.1, 0.15) is 16.8 Å². The summed E-state index contributed by atoms with van der Waals surface area (Å²) in [6.45, 7) is 2.47. The van der Waals surface area contributed by atoms with Crippen molar-refractivity contribution in [1.29, 1.82) is 0 Å². The molecule has 2 aromatic carbocycles. The van der Waals surface area contributed by atoms with E-state index in [1.807, 2.05) is 12.1 Å². The van der Waals surface area contributed by atoms with E-state index in [1.54, 1.807) is 41.3 Å². The van der Waals surface area contributed by atoms with Gasteiger partial charge in [-0.3, -0.25) is 9.59 Å². The fourth-order valence-corrected chi connectivity index (χ4v) is 2.91. The predicted molar refractivity (Wildman–Crippen MR) is 103 cm³/mol. The SMILES string of the molecule is O=C(CCOc1ccccc1Cl)Nc1cccc(C(=O)N2CCOCC2)c1. The zero-order valence-electron chi connectivity index (χ0n) is 14.8. The standard InChI is InChI=1S/C20H21ClN2O4/c21-17-6-1-2-7-18(17)27-11-8-19(24)22-16-5-3-4-15(14-16)20(25)23-9-12-26-13-10-23/h1-7,14H,8-13H2,(H,22,24). The first kappa shape index (κ1) is 19.2. The Morgan fingerprint density at radius 2 is 1.89 bits per heavy atom. The number of carbonyl (C=O) groups excluding carboxylic acids is 2. The Morgan fingerprint density at radius 1 is 1.11 bits per heavy atom. The summed E-state index contributed by atoms with van der Waals surface area (Å²) >= 11 is 6.01. The summed E-state index contributed by atoms with van der Waals surface area (Å²) in [6.07, 6.45) is 0.173. The fraction of sp³-hybridized carbons (Fsp3) is 0.300. The van der Waals surface area contributed by atoms with Crippen LogP contribution < -0.4 is 10.1 Å². The summed E-state index contributed by atoms with van der Waals surface area (Å²) in [5.41, 5.74) is 1.12. The Kier molecular flexibility index (Phi) is 6.68. The van der Waals surface area contributed by atoms with Gasteiger partial charge in [0.25, 0.3) is 5.91 Å². The summed E-state index contributed by atoms with van der Waals surface area (Å²) in [7, 11) is 0. The Morgan fingerprint density at radius 3 is 2.67 bits per heavy atom. The molecule has 0 spiro atoms. The summed E-state index contributed by atoms with van der Waals surface area (Å²) in [4.78, 5) is 26.4. The molecule has 27 heavy (non-hydrogen) atoms. The number of halogens is 1. The number of carbonyl (C=O) groups is 2. The Hall–Kier alpha value is -2.57. The predicted octanol–water partition coefficient (Wildman–Crippen LogP) is 3.22. The van der Waals surface area contributed by atoms with Crippen molar-refractivity contribution < 1.29 is 19.1 Å². The van der Waals surface area contributed by atoms with Crippen LogP contribution in [0.3, 0.4) is 0 Å². The van der Waals surface area contributed by atoms with Gasteiger partial charge in [0.1, 0.15) is 5.75 Å². The van der Waals surface area contributed by atoms with Crippen LogP contribution >= 0.6 is 11.6 Å². The lowest BCUT2D eigenvalue weighted by Gasteiger charge is -2.27. The molecule has 0 aliphatic carbocycles. The smallest absolute Gasteiger partial charge is 0.254 e. The number of hydrogen-bond donors (Lipinski definition) is 1. The van der Waals surface area contributed by atoms with E-state index in [0.717, 1.165) is 0 Å². The average molecular weight is 389 g/mol. The number of nitrogens with one attached hydrogen (secondary N) is 1. The van der Waals surface area contributed by atoms with E-state index < -0.39 is 0 Å². The molecule has 7 heteroatoms. The maximum atomic E-state index is 12.5. The molecule has 0 saturated carbocycles. The van der Waals surface area contributed by atoms with Crippen LogP contribution in [-0.2, 0) is 9.53 Å². The molecule has 1 N–H and O–H groups in total. The fourth-order valence-electron chi connectivity index (χ4n) is 2.72. The Labute approximate surface area is 163 Å². The van der Waals surface area contributed by atoms with Gasteiger partial charge in [-0.05, 0) is 30.3 Å². The minimum absolute atomic E-state index is 0.0588. The zero-order valence-corrected chi connectivity index (χ0v) is 15.6. The molecule has 2 aromatic rings. The molecular weight excluding hydrogens is 368 g/mol. The largest absolute Gasteiger partial charge is 0.491 e. The molecule has 0 radical (unpaired) electrons. The van der Waals surface area contributed by atoms with Crippen molar-refractivity contribution in [2.75, 3.05) is 38.2 Å². The van der Waals surface area contributed by atoms with Gasteiger partial charge in [-0.2, -0.15) is 0 Å². The second-order valence-electron chi connectivity index (χ2n) is 6.06. The van der Waals surface area contributed by atoms with Crippen LogP contribution in [0, 0.1) is 0 Å². The van der Waals surface area contributed by atoms with Gasteiger partial charge in [-0.15, -0.1) is 0 Å². The van der Waals surface area contributed by atoms with Crippen molar-refractivity contribution >= 4 is 29.1 Å². The molecular formula is C20H21ClN2O4. The van der Waals surface area contributed by atoms with Crippen molar-refractivity contribution in [2.45, 2.75) is 6.42 Å². The quantitative estimate of drug-likeness (QED) is 0.825. The summed E-state index contributed by atoms with van der Waals surface area (Å²) in [6, 6.07) is 14.0. The highest BCUT2D eigenvalue weighted by Gasteiger charge is 2.18. The first-order chi connectivity index (χ1) is 13.1. The summed E-state index contributed by atoms with van der Waals surface area (Å²) in [5.74, 6) is 0.291. The lowest BCUT2D eigenvalue weighted by Crippen LogP contribution is -2.40.